The van der Waals surface area contributed by atoms with E-state index in [-0.39, 0.29) is 0 Å². The molecule has 1 aromatic carbocycles. The molecule has 0 radical (unpaired) electrons. The highest BCUT2D eigenvalue weighted by Gasteiger charge is 2.16. The molecule has 2 rings (SSSR count). The van der Waals surface area contributed by atoms with E-state index in [4.69, 9.17) is 0 Å². The van der Waals surface area contributed by atoms with E-state index in [0.717, 1.165) is 8.95 Å². The molecule has 1 nitrogen and oxygen atoms in total. The van der Waals surface area contributed by atoms with Crippen LogP contribution in [0.3, 0.4) is 0 Å². The standard InChI is InChI=1S/C6H3Br2NS2/c7-3-1-2-4-6(5(3)8)9-11-10-4/h1-2,9H. The Labute approximate surface area is 89.5 Å². The zero-order valence-corrected chi connectivity index (χ0v) is 10.0. The van der Waals surface area contributed by atoms with Gasteiger partial charge in [0.2, 0.25) is 0 Å². The van der Waals surface area contributed by atoms with Gasteiger partial charge in [-0.1, -0.05) is 0 Å². The lowest BCUT2D eigenvalue weighted by atomic mass is 10.3. The first-order chi connectivity index (χ1) is 5.29. The van der Waals surface area contributed by atoms with E-state index in [1.165, 1.54) is 10.6 Å². The third kappa shape index (κ3) is 1.43. The molecule has 1 heterocycles. The van der Waals surface area contributed by atoms with Gasteiger partial charge in [-0.05, 0) is 54.8 Å². The van der Waals surface area contributed by atoms with Crippen molar-refractivity contribution in [2.24, 2.45) is 0 Å². The van der Waals surface area contributed by atoms with Gasteiger partial charge in [-0.25, -0.2) is 0 Å². The molecule has 0 spiro atoms. The number of nitrogens with one attached hydrogen (secondary N) is 1. The Morgan fingerprint density at radius 3 is 2.91 bits per heavy atom. The largest absolute Gasteiger partial charge is 0.318 e. The molecule has 5 heteroatoms. The number of rotatable bonds is 0. The van der Waals surface area contributed by atoms with Gasteiger partial charge in [0.05, 0.1) is 10.2 Å². The Bertz CT molecular complexity index is 303. The molecule has 0 aromatic heterocycles. The number of anilines is 1. The lowest BCUT2D eigenvalue weighted by molar-refractivity contribution is 1.43. The van der Waals surface area contributed by atoms with Crippen LogP contribution in [0.4, 0.5) is 5.69 Å². The Morgan fingerprint density at radius 1 is 1.27 bits per heavy atom. The molecule has 0 aliphatic carbocycles. The fourth-order valence-electron chi connectivity index (χ4n) is 0.805. The Morgan fingerprint density at radius 2 is 2.09 bits per heavy atom. The molecule has 58 valence electrons. The van der Waals surface area contributed by atoms with Crippen LogP contribution in [-0.2, 0) is 0 Å². The van der Waals surface area contributed by atoms with Gasteiger partial charge < -0.3 is 4.72 Å². The number of fused-ring (bicyclic) bond motifs is 1. The molecule has 1 aromatic rings. The Hall–Kier alpha value is 0.680. The van der Waals surface area contributed by atoms with Crippen LogP contribution in [0, 0.1) is 0 Å². The predicted molar refractivity (Wildman–Crippen MR) is 58.9 cm³/mol. The molecule has 0 atom stereocenters. The third-order valence-electron chi connectivity index (χ3n) is 1.33. The summed E-state index contributed by atoms with van der Waals surface area (Å²) in [5.41, 5.74) is 1.18. The number of halogens is 2. The molecule has 11 heavy (non-hydrogen) atoms. The molecular formula is C6H3Br2NS2. The van der Waals surface area contributed by atoms with E-state index in [1.807, 2.05) is 6.07 Å². The van der Waals surface area contributed by atoms with Gasteiger partial charge in [0.25, 0.3) is 0 Å². The van der Waals surface area contributed by atoms with Gasteiger partial charge in [0.1, 0.15) is 0 Å². The fraction of sp³-hybridized carbons (Fsp3) is 0. The lowest BCUT2D eigenvalue weighted by Gasteiger charge is -2.01. The smallest absolute Gasteiger partial charge is 0.0749 e. The lowest BCUT2D eigenvalue weighted by Crippen LogP contribution is -1.81. The van der Waals surface area contributed by atoms with Gasteiger partial charge >= 0.3 is 0 Å². The number of hydrogen-bond donors (Lipinski definition) is 1. The molecule has 1 aliphatic heterocycles. The minimum Gasteiger partial charge on any atom is -0.318 e. The Kier molecular flexibility index (Phi) is 2.41. The highest BCUT2D eigenvalue weighted by molar-refractivity contribution is 9.13. The zero-order chi connectivity index (χ0) is 7.84. The summed E-state index contributed by atoms with van der Waals surface area (Å²) in [6.45, 7) is 0. The van der Waals surface area contributed by atoms with E-state index in [9.17, 15) is 0 Å². The molecule has 1 aliphatic rings. The number of benzene rings is 1. The van der Waals surface area contributed by atoms with E-state index in [1.54, 1.807) is 21.8 Å². The summed E-state index contributed by atoms with van der Waals surface area (Å²) in [6.07, 6.45) is 0. The molecule has 0 bridgehead atoms. The van der Waals surface area contributed by atoms with Crippen LogP contribution < -0.4 is 4.72 Å². The summed E-state index contributed by atoms with van der Waals surface area (Å²) in [4.78, 5) is 1.28. The fourth-order valence-corrected chi connectivity index (χ4v) is 3.76. The van der Waals surface area contributed by atoms with Crippen molar-refractivity contribution in [3.63, 3.8) is 0 Å². The van der Waals surface area contributed by atoms with Crippen LogP contribution in [-0.4, -0.2) is 0 Å². The summed E-state index contributed by atoms with van der Waals surface area (Å²) >= 11 is 6.94. The monoisotopic (exact) mass is 311 g/mol. The second kappa shape index (κ2) is 3.20. The normalized spacial score (nSPS) is 14.4. The van der Waals surface area contributed by atoms with Crippen LogP contribution in [0.2, 0.25) is 0 Å². The van der Waals surface area contributed by atoms with E-state index in [0.29, 0.717) is 0 Å². The maximum atomic E-state index is 3.50. The van der Waals surface area contributed by atoms with Crippen molar-refractivity contribution in [2.75, 3.05) is 4.72 Å². The van der Waals surface area contributed by atoms with Crippen LogP contribution in [0.5, 0.6) is 0 Å². The second-order valence-electron chi connectivity index (χ2n) is 2.00. The SMILES string of the molecule is Brc1ccc2c(c1Br)NSS2. The topological polar surface area (TPSA) is 12.0 Å². The maximum Gasteiger partial charge on any atom is 0.0749 e. The van der Waals surface area contributed by atoms with Crippen molar-refractivity contribution in [3.8, 4) is 0 Å². The van der Waals surface area contributed by atoms with Crippen molar-refractivity contribution >= 4 is 59.3 Å². The zero-order valence-electron chi connectivity index (χ0n) is 5.23. The van der Waals surface area contributed by atoms with Crippen molar-refractivity contribution < 1.29 is 0 Å². The van der Waals surface area contributed by atoms with Crippen LogP contribution >= 0.6 is 53.6 Å². The molecule has 0 saturated heterocycles. The average molecular weight is 313 g/mol. The summed E-state index contributed by atoms with van der Waals surface area (Å²) < 4.78 is 5.41. The average Bonchev–Trinajstić information content (AvgIpc) is 2.45. The van der Waals surface area contributed by atoms with Crippen molar-refractivity contribution in [1.29, 1.82) is 0 Å². The molecule has 0 saturated carbocycles. The van der Waals surface area contributed by atoms with Gasteiger partial charge in [-0.3, -0.25) is 0 Å². The van der Waals surface area contributed by atoms with Crippen LogP contribution in [0.25, 0.3) is 0 Å². The summed E-state index contributed by atoms with van der Waals surface area (Å²) in [5.74, 6) is 0. The summed E-state index contributed by atoms with van der Waals surface area (Å²) in [7, 11) is 3.39. The first kappa shape index (κ1) is 8.29. The molecule has 0 unspecified atom stereocenters. The quantitative estimate of drug-likeness (QED) is 0.567. The first-order valence-corrected chi connectivity index (χ1v) is 6.60. The van der Waals surface area contributed by atoms with Gasteiger partial charge in [-0.15, -0.1) is 0 Å². The maximum absolute atomic E-state index is 3.50. The van der Waals surface area contributed by atoms with Crippen LogP contribution in [0.1, 0.15) is 0 Å². The summed E-state index contributed by atoms with van der Waals surface area (Å²) in [6, 6.07) is 4.14. The van der Waals surface area contributed by atoms with Crippen molar-refractivity contribution in [1.82, 2.24) is 0 Å². The highest BCUT2D eigenvalue weighted by atomic mass is 79.9. The van der Waals surface area contributed by atoms with Gasteiger partial charge in [0, 0.05) is 20.3 Å². The van der Waals surface area contributed by atoms with Crippen molar-refractivity contribution in [2.45, 2.75) is 4.90 Å². The van der Waals surface area contributed by atoms with Crippen LogP contribution in [0.15, 0.2) is 26.0 Å². The highest BCUT2D eigenvalue weighted by Crippen LogP contribution is 2.49. The number of hydrogen-bond acceptors (Lipinski definition) is 3. The Balaban J connectivity index is 2.62. The van der Waals surface area contributed by atoms with Crippen molar-refractivity contribution in [3.05, 3.63) is 21.1 Å². The molecule has 0 fully saturated rings. The second-order valence-corrected chi connectivity index (χ2v) is 5.63. The van der Waals surface area contributed by atoms with Gasteiger partial charge in [-0.2, -0.15) is 0 Å². The molecular weight excluding hydrogens is 310 g/mol. The minimum absolute atomic E-state index is 1.09. The van der Waals surface area contributed by atoms with Gasteiger partial charge in [0.15, 0.2) is 0 Å². The molecule has 0 amide bonds. The minimum atomic E-state index is 1.09. The first-order valence-electron chi connectivity index (χ1n) is 2.86. The predicted octanol–water partition coefficient (Wildman–Crippen LogP) is 4.29. The van der Waals surface area contributed by atoms with E-state index >= 15 is 0 Å². The molecule has 1 N–H and O–H groups in total. The van der Waals surface area contributed by atoms with E-state index < -0.39 is 0 Å². The van der Waals surface area contributed by atoms with E-state index in [2.05, 4.69) is 42.6 Å². The third-order valence-corrected chi connectivity index (χ3v) is 5.28. The summed E-state index contributed by atoms with van der Waals surface area (Å²) in [5, 5.41) is 0.